The van der Waals surface area contributed by atoms with Crippen molar-refractivity contribution >= 4 is 16.9 Å². The van der Waals surface area contributed by atoms with E-state index in [9.17, 15) is 0 Å². The summed E-state index contributed by atoms with van der Waals surface area (Å²) in [6.07, 6.45) is 1.83. The monoisotopic (exact) mass is 355 g/mol. The number of benzene rings is 1. The van der Waals surface area contributed by atoms with Gasteiger partial charge in [0.25, 0.3) is 0 Å². The number of aromatic nitrogens is 1. The van der Waals surface area contributed by atoms with Crippen LogP contribution >= 0.6 is 11.8 Å². The molecule has 0 spiro atoms. The number of ether oxygens (including phenoxy) is 2. The molecule has 6 heteroatoms. The molecule has 0 unspecified atom stereocenters. The second-order valence-corrected chi connectivity index (χ2v) is 7.65. The molecule has 25 heavy (non-hydrogen) atoms. The Morgan fingerprint density at radius 3 is 2.76 bits per heavy atom. The molecule has 0 saturated carbocycles. The highest BCUT2D eigenvalue weighted by Gasteiger charge is 2.44. The van der Waals surface area contributed by atoms with E-state index in [-0.39, 0.29) is 12.1 Å². The Morgan fingerprint density at radius 1 is 1.16 bits per heavy atom. The fraction of sp³-hybridized carbons (Fsp3) is 0.368. The minimum atomic E-state index is -0.0292. The summed E-state index contributed by atoms with van der Waals surface area (Å²) in [6.45, 7) is 3.22. The van der Waals surface area contributed by atoms with Crippen LogP contribution in [0.3, 0.4) is 0 Å². The maximum Gasteiger partial charge on any atom is 0.160 e. The van der Waals surface area contributed by atoms with Crippen LogP contribution in [-0.2, 0) is 0 Å². The number of hydrogen-bond donors (Lipinski definition) is 0. The van der Waals surface area contributed by atoms with Crippen LogP contribution in [0.25, 0.3) is 0 Å². The zero-order valence-corrected chi connectivity index (χ0v) is 15.4. The smallest absolute Gasteiger partial charge is 0.160 e. The van der Waals surface area contributed by atoms with Crippen LogP contribution in [0.1, 0.15) is 30.3 Å². The van der Waals surface area contributed by atoms with E-state index in [1.807, 2.05) is 48.3 Å². The summed E-state index contributed by atoms with van der Waals surface area (Å²) < 4.78 is 11.0. The van der Waals surface area contributed by atoms with Crippen molar-refractivity contribution in [1.82, 2.24) is 9.88 Å². The van der Waals surface area contributed by atoms with Crippen molar-refractivity contribution in [2.75, 3.05) is 20.8 Å². The quantitative estimate of drug-likeness (QED) is 0.837. The summed E-state index contributed by atoms with van der Waals surface area (Å²) in [7, 11) is 3.37. The summed E-state index contributed by atoms with van der Waals surface area (Å²) in [5.41, 5.74) is 2.10. The maximum absolute atomic E-state index is 5.67. The van der Waals surface area contributed by atoms with Crippen molar-refractivity contribution in [2.45, 2.75) is 24.3 Å². The van der Waals surface area contributed by atoms with Gasteiger partial charge in [0.05, 0.1) is 26.0 Å². The lowest BCUT2D eigenvalue weighted by molar-refractivity contribution is 0.306. The van der Waals surface area contributed by atoms with Gasteiger partial charge in [0, 0.05) is 29.6 Å². The highest BCUT2D eigenvalue weighted by Crippen LogP contribution is 2.49. The highest BCUT2D eigenvalue weighted by atomic mass is 32.2. The third-order valence-electron chi connectivity index (χ3n) is 4.64. The Balaban J connectivity index is 1.80. The van der Waals surface area contributed by atoms with Crippen LogP contribution in [-0.4, -0.2) is 41.1 Å². The second-order valence-electron chi connectivity index (χ2n) is 6.24. The molecule has 0 N–H and O–H groups in total. The first kappa shape index (κ1) is 16.3. The van der Waals surface area contributed by atoms with Gasteiger partial charge in [-0.1, -0.05) is 24.8 Å². The normalized spacial score (nSPS) is 24.8. The van der Waals surface area contributed by atoms with Gasteiger partial charge in [-0.2, -0.15) is 0 Å². The molecule has 0 aliphatic carbocycles. The number of amidine groups is 1. The molecule has 5 nitrogen and oxygen atoms in total. The molecular formula is C19H21N3O2S. The van der Waals surface area contributed by atoms with Crippen LogP contribution in [0.2, 0.25) is 0 Å². The molecule has 2 aliphatic rings. The van der Waals surface area contributed by atoms with E-state index in [1.54, 1.807) is 14.2 Å². The predicted octanol–water partition coefficient (Wildman–Crippen LogP) is 3.69. The number of rotatable bonds is 4. The number of nitrogens with zero attached hydrogens (tertiary/aromatic N) is 3. The SMILES string of the molecule is COc1ccc([C@H]2[C@H](c3ccccn3)N=C3S[C@@H](C)CN32)c(OC)c1. The van der Waals surface area contributed by atoms with Crippen molar-refractivity contribution in [3.05, 3.63) is 53.9 Å². The van der Waals surface area contributed by atoms with Crippen LogP contribution in [0.4, 0.5) is 0 Å². The fourth-order valence-electron chi connectivity index (χ4n) is 3.52. The highest BCUT2D eigenvalue weighted by molar-refractivity contribution is 8.14. The van der Waals surface area contributed by atoms with Crippen LogP contribution in [0.5, 0.6) is 11.5 Å². The van der Waals surface area contributed by atoms with Crippen molar-refractivity contribution in [3.8, 4) is 11.5 Å². The summed E-state index contributed by atoms with van der Waals surface area (Å²) >= 11 is 1.84. The Morgan fingerprint density at radius 2 is 2.04 bits per heavy atom. The van der Waals surface area contributed by atoms with E-state index in [1.165, 1.54) is 0 Å². The molecule has 1 aromatic heterocycles. The van der Waals surface area contributed by atoms with Gasteiger partial charge in [-0.15, -0.1) is 0 Å². The second kappa shape index (κ2) is 6.59. The first-order chi connectivity index (χ1) is 12.2. The Labute approximate surface area is 152 Å². The number of fused-ring (bicyclic) bond motifs is 1. The van der Waals surface area contributed by atoms with E-state index in [0.29, 0.717) is 5.25 Å². The zero-order valence-electron chi connectivity index (χ0n) is 14.5. The number of thioether (sulfide) groups is 1. The van der Waals surface area contributed by atoms with E-state index in [2.05, 4.69) is 22.9 Å². The summed E-state index contributed by atoms with van der Waals surface area (Å²) in [5.74, 6) is 1.62. The van der Waals surface area contributed by atoms with Gasteiger partial charge in [0.1, 0.15) is 17.5 Å². The van der Waals surface area contributed by atoms with Gasteiger partial charge in [0.2, 0.25) is 0 Å². The molecule has 0 amide bonds. The van der Waals surface area contributed by atoms with E-state index < -0.39 is 0 Å². The molecule has 2 aromatic rings. The molecule has 1 aromatic carbocycles. The molecule has 3 heterocycles. The van der Waals surface area contributed by atoms with Gasteiger partial charge in [-0.3, -0.25) is 9.98 Å². The van der Waals surface area contributed by atoms with E-state index in [4.69, 9.17) is 14.5 Å². The Kier molecular flexibility index (Phi) is 4.29. The van der Waals surface area contributed by atoms with Crippen LogP contribution in [0, 0.1) is 0 Å². The topological polar surface area (TPSA) is 47.0 Å². The number of hydrogen-bond acceptors (Lipinski definition) is 6. The minimum absolute atomic E-state index is 0.0292. The lowest BCUT2D eigenvalue weighted by Gasteiger charge is -2.28. The average molecular weight is 355 g/mol. The predicted molar refractivity (Wildman–Crippen MR) is 100 cm³/mol. The standard InChI is InChI=1S/C19H21N3O2S/c1-12-11-22-18(14-8-7-13(23-2)10-16(14)24-3)17(21-19(22)25-12)15-6-4-5-9-20-15/h4-10,12,17-18H,11H2,1-3H3/t12-,17-,18-/m0/s1. The van der Waals surface area contributed by atoms with Crippen LogP contribution < -0.4 is 9.47 Å². The van der Waals surface area contributed by atoms with Gasteiger partial charge in [0.15, 0.2) is 5.17 Å². The lowest BCUT2D eigenvalue weighted by Crippen LogP contribution is -2.28. The lowest BCUT2D eigenvalue weighted by atomic mass is 9.95. The first-order valence-corrected chi connectivity index (χ1v) is 9.23. The molecular weight excluding hydrogens is 334 g/mol. The van der Waals surface area contributed by atoms with Crippen molar-refractivity contribution in [3.63, 3.8) is 0 Å². The first-order valence-electron chi connectivity index (χ1n) is 8.35. The van der Waals surface area contributed by atoms with Crippen LogP contribution in [0.15, 0.2) is 47.6 Å². The van der Waals surface area contributed by atoms with Gasteiger partial charge in [-0.25, -0.2) is 0 Å². The number of methoxy groups -OCH3 is 2. The van der Waals surface area contributed by atoms with Crippen molar-refractivity contribution in [1.29, 1.82) is 0 Å². The average Bonchev–Trinajstić information content (AvgIpc) is 3.17. The van der Waals surface area contributed by atoms with Gasteiger partial charge < -0.3 is 14.4 Å². The third-order valence-corrected chi connectivity index (χ3v) is 5.74. The zero-order chi connectivity index (χ0) is 17.4. The molecule has 4 rings (SSSR count). The van der Waals surface area contributed by atoms with Gasteiger partial charge in [-0.05, 0) is 24.3 Å². The molecule has 3 atom stereocenters. The molecule has 1 fully saturated rings. The van der Waals surface area contributed by atoms with E-state index >= 15 is 0 Å². The van der Waals surface area contributed by atoms with Crippen molar-refractivity contribution in [2.24, 2.45) is 4.99 Å². The van der Waals surface area contributed by atoms with Crippen molar-refractivity contribution < 1.29 is 9.47 Å². The number of aliphatic imine (C=N–C) groups is 1. The Hall–Kier alpha value is -2.21. The summed E-state index contributed by atoms with van der Waals surface area (Å²) in [5, 5.41) is 1.64. The molecule has 130 valence electrons. The molecule has 0 bridgehead atoms. The van der Waals surface area contributed by atoms with E-state index in [0.717, 1.165) is 34.5 Å². The summed E-state index contributed by atoms with van der Waals surface area (Å²) in [6, 6.07) is 12.1. The maximum atomic E-state index is 5.67. The number of pyridine rings is 1. The molecule has 0 radical (unpaired) electrons. The Bertz CT molecular complexity index is 797. The largest absolute Gasteiger partial charge is 0.497 e. The fourth-order valence-corrected chi connectivity index (χ4v) is 4.61. The van der Waals surface area contributed by atoms with Gasteiger partial charge >= 0.3 is 0 Å². The minimum Gasteiger partial charge on any atom is -0.497 e. The molecule has 2 aliphatic heterocycles. The third kappa shape index (κ3) is 2.84. The summed E-state index contributed by atoms with van der Waals surface area (Å²) in [4.78, 5) is 12.0. The molecule has 1 saturated heterocycles.